The van der Waals surface area contributed by atoms with Crippen molar-refractivity contribution in [3.05, 3.63) is 11.4 Å². The summed E-state index contributed by atoms with van der Waals surface area (Å²) in [6.45, 7) is 9.73. The van der Waals surface area contributed by atoms with Gasteiger partial charge in [0.15, 0.2) is 0 Å². The fourth-order valence-electron chi connectivity index (χ4n) is 1.57. The summed E-state index contributed by atoms with van der Waals surface area (Å²) in [7, 11) is 0. The Morgan fingerprint density at radius 3 is 2.26 bits per heavy atom. The topological polar surface area (TPSA) is 93.8 Å². The zero-order valence-corrected chi connectivity index (χ0v) is 12.3. The van der Waals surface area contributed by atoms with Gasteiger partial charge >= 0.3 is 0 Å². The van der Waals surface area contributed by atoms with E-state index >= 15 is 0 Å². The number of rotatable bonds is 4. The van der Waals surface area contributed by atoms with Gasteiger partial charge in [-0.15, -0.1) is 10.2 Å². The minimum Gasteiger partial charge on any atom is -0.319 e. The molecular formula is C13H23N5O. The molecule has 0 fully saturated rings. The van der Waals surface area contributed by atoms with Crippen LogP contribution in [0.4, 0.5) is 5.95 Å². The van der Waals surface area contributed by atoms with Gasteiger partial charge < -0.3 is 5.73 Å². The highest BCUT2D eigenvalue weighted by atomic mass is 16.2. The van der Waals surface area contributed by atoms with Crippen molar-refractivity contribution in [2.45, 2.75) is 53.5 Å². The van der Waals surface area contributed by atoms with E-state index in [-0.39, 0.29) is 17.3 Å². The minimum atomic E-state index is -0.618. The van der Waals surface area contributed by atoms with E-state index in [1.807, 2.05) is 34.6 Å². The summed E-state index contributed by atoms with van der Waals surface area (Å²) in [5, 5.41) is 10.6. The summed E-state index contributed by atoms with van der Waals surface area (Å²) in [5.74, 6) is -0.0700. The lowest BCUT2D eigenvalue weighted by molar-refractivity contribution is -0.119. The Hall–Kier alpha value is -1.56. The largest absolute Gasteiger partial charge is 0.319 e. The van der Waals surface area contributed by atoms with Crippen LogP contribution in [0.15, 0.2) is 0 Å². The van der Waals surface area contributed by atoms with Crippen molar-refractivity contribution in [3.8, 4) is 0 Å². The van der Waals surface area contributed by atoms with Crippen LogP contribution in [-0.4, -0.2) is 27.1 Å². The molecule has 3 N–H and O–H groups in total. The molecule has 0 saturated carbocycles. The second-order valence-corrected chi connectivity index (χ2v) is 5.57. The van der Waals surface area contributed by atoms with Crippen molar-refractivity contribution in [2.24, 2.45) is 11.1 Å². The molecule has 1 amide bonds. The molecule has 0 saturated heterocycles. The average Bonchev–Trinajstić information content (AvgIpc) is 2.36. The first kappa shape index (κ1) is 15.5. The SMILES string of the molecule is CCc1nnc(NC(=O)[C@H](N)C(C)(C)C)nc1CC. The first-order valence-electron chi connectivity index (χ1n) is 6.58. The Kier molecular flexibility index (Phi) is 4.94. The molecule has 1 heterocycles. The fraction of sp³-hybridized carbons (Fsp3) is 0.692. The number of aromatic nitrogens is 3. The predicted octanol–water partition coefficient (Wildman–Crippen LogP) is 1.31. The highest BCUT2D eigenvalue weighted by Crippen LogP contribution is 2.18. The molecule has 0 aromatic carbocycles. The van der Waals surface area contributed by atoms with Gasteiger partial charge in [-0.05, 0) is 18.3 Å². The Morgan fingerprint density at radius 1 is 1.21 bits per heavy atom. The van der Waals surface area contributed by atoms with Gasteiger partial charge in [0.1, 0.15) is 0 Å². The maximum absolute atomic E-state index is 12.0. The molecule has 0 radical (unpaired) electrons. The van der Waals surface area contributed by atoms with Crippen molar-refractivity contribution >= 4 is 11.9 Å². The molecule has 1 aromatic heterocycles. The van der Waals surface area contributed by atoms with Crippen LogP contribution in [0.2, 0.25) is 0 Å². The van der Waals surface area contributed by atoms with E-state index in [9.17, 15) is 4.79 Å². The van der Waals surface area contributed by atoms with Gasteiger partial charge in [0, 0.05) is 0 Å². The van der Waals surface area contributed by atoms with Crippen LogP contribution in [0.25, 0.3) is 0 Å². The second kappa shape index (κ2) is 6.06. The third-order valence-electron chi connectivity index (χ3n) is 2.96. The standard InChI is InChI=1S/C13H23N5O/c1-6-8-9(7-2)17-18-12(15-8)16-11(19)10(14)13(3,4)5/h10H,6-7,14H2,1-5H3,(H,15,16,18,19)/t10-/m0/s1. The highest BCUT2D eigenvalue weighted by Gasteiger charge is 2.28. The summed E-state index contributed by atoms with van der Waals surface area (Å²) >= 11 is 0. The minimum absolute atomic E-state index is 0.221. The van der Waals surface area contributed by atoms with E-state index in [1.54, 1.807) is 0 Å². The van der Waals surface area contributed by atoms with Gasteiger partial charge in [-0.25, -0.2) is 4.98 Å². The fourth-order valence-corrected chi connectivity index (χ4v) is 1.57. The maximum atomic E-state index is 12.0. The van der Waals surface area contributed by atoms with Crippen LogP contribution < -0.4 is 11.1 Å². The molecule has 0 aliphatic carbocycles. The number of nitrogens with two attached hydrogens (primary N) is 1. The molecule has 0 aliphatic heterocycles. The first-order valence-corrected chi connectivity index (χ1v) is 6.58. The molecule has 0 spiro atoms. The molecule has 0 unspecified atom stereocenters. The predicted molar refractivity (Wildman–Crippen MR) is 74.6 cm³/mol. The highest BCUT2D eigenvalue weighted by molar-refractivity contribution is 5.93. The summed E-state index contributed by atoms with van der Waals surface area (Å²) in [5.41, 5.74) is 7.29. The Labute approximate surface area is 114 Å². The van der Waals surface area contributed by atoms with Crippen molar-refractivity contribution < 1.29 is 4.79 Å². The number of amides is 1. The lowest BCUT2D eigenvalue weighted by Gasteiger charge is -2.25. The monoisotopic (exact) mass is 265 g/mol. The molecule has 19 heavy (non-hydrogen) atoms. The maximum Gasteiger partial charge on any atom is 0.249 e. The number of carbonyl (C=O) groups is 1. The van der Waals surface area contributed by atoms with E-state index in [0.29, 0.717) is 0 Å². The number of hydrogen-bond donors (Lipinski definition) is 2. The van der Waals surface area contributed by atoms with Gasteiger partial charge in [0.25, 0.3) is 0 Å². The Morgan fingerprint density at radius 2 is 1.79 bits per heavy atom. The van der Waals surface area contributed by atoms with E-state index in [4.69, 9.17) is 5.73 Å². The van der Waals surface area contributed by atoms with Crippen LogP contribution in [0, 0.1) is 5.41 Å². The molecule has 1 atom stereocenters. The molecule has 0 bridgehead atoms. The number of anilines is 1. The summed E-state index contributed by atoms with van der Waals surface area (Å²) in [6, 6.07) is -0.618. The zero-order valence-electron chi connectivity index (χ0n) is 12.3. The molecule has 0 aliphatic rings. The molecule has 1 aromatic rings. The van der Waals surface area contributed by atoms with Crippen molar-refractivity contribution in [3.63, 3.8) is 0 Å². The molecule has 1 rings (SSSR count). The number of carbonyl (C=O) groups excluding carboxylic acids is 1. The van der Waals surface area contributed by atoms with Crippen LogP contribution >= 0.6 is 0 Å². The van der Waals surface area contributed by atoms with Crippen LogP contribution in [0.1, 0.15) is 46.0 Å². The average molecular weight is 265 g/mol. The molecule has 6 nitrogen and oxygen atoms in total. The smallest absolute Gasteiger partial charge is 0.249 e. The van der Waals surface area contributed by atoms with Crippen molar-refractivity contribution in [1.82, 2.24) is 15.2 Å². The molecule has 6 heteroatoms. The lowest BCUT2D eigenvalue weighted by atomic mass is 9.87. The first-order chi connectivity index (χ1) is 8.79. The summed E-state index contributed by atoms with van der Waals surface area (Å²) < 4.78 is 0. The quantitative estimate of drug-likeness (QED) is 0.856. The van der Waals surface area contributed by atoms with Gasteiger partial charge in [-0.2, -0.15) is 0 Å². The van der Waals surface area contributed by atoms with Gasteiger partial charge in [-0.3, -0.25) is 10.1 Å². The summed E-state index contributed by atoms with van der Waals surface area (Å²) in [4.78, 5) is 16.3. The second-order valence-electron chi connectivity index (χ2n) is 5.57. The van der Waals surface area contributed by atoms with Crippen molar-refractivity contribution in [2.75, 3.05) is 5.32 Å². The normalized spacial score (nSPS) is 13.2. The number of nitrogens with one attached hydrogen (secondary N) is 1. The number of nitrogens with zero attached hydrogens (tertiary/aromatic N) is 3. The van der Waals surface area contributed by atoms with Gasteiger partial charge in [-0.1, -0.05) is 34.6 Å². The number of aryl methyl sites for hydroxylation is 2. The zero-order chi connectivity index (χ0) is 14.6. The van der Waals surface area contributed by atoms with E-state index in [0.717, 1.165) is 24.2 Å². The molecule has 106 valence electrons. The van der Waals surface area contributed by atoms with E-state index in [2.05, 4.69) is 20.5 Å². The third kappa shape index (κ3) is 3.96. The molecular weight excluding hydrogens is 242 g/mol. The third-order valence-corrected chi connectivity index (χ3v) is 2.96. The van der Waals surface area contributed by atoms with E-state index in [1.165, 1.54) is 0 Å². The van der Waals surface area contributed by atoms with E-state index < -0.39 is 6.04 Å². The Balaban J connectivity index is 2.86. The van der Waals surface area contributed by atoms with Gasteiger partial charge in [0.05, 0.1) is 17.4 Å². The Bertz CT molecular complexity index is 453. The number of hydrogen-bond acceptors (Lipinski definition) is 5. The van der Waals surface area contributed by atoms with Crippen LogP contribution in [0.3, 0.4) is 0 Å². The lowest BCUT2D eigenvalue weighted by Crippen LogP contribution is -2.45. The van der Waals surface area contributed by atoms with Crippen molar-refractivity contribution in [1.29, 1.82) is 0 Å². The summed E-state index contributed by atoms with van der Waals surface area (Å²) in [6.07, 6.45) is 1.53. The van der Waals surface area contributed by atoms with Crippen LogP contribution in [0.5, 0.6) is 0 Å². The van der Waals surface area contributed by atoms with Gasteiger partial charge in [0.2, 0.25) is 11.9 Å². The van der Waals surface area contributed by atoms with Crippen LogP contribution in [-0.2, 0) is 17.6 Å².